The third kappa shape index (κ3) is 3.32. The Hall–Kier alpha value is -1.96. The summed E-state index contributed by atoms with van der Waals surface area (Å²) in [6, 6.07) is 17.1. The van der Waals surface area contributed by atoms with Gasteiger partial charge >= 0.3 is 0 Å². The number of nitrogens with one attached hydrogen (secondary N) is 1. The molecule has 1 aliphatic carbocycles. The third-order valence-corrected chi connectivity index (χ3v) is 3.69. The number of hydrogen-bond donors (Lipinski definition) is 1. The molecular formula is C18H21NO. The van der Waals surface area contributed by atoms with Gasteiger partial charge in [-0.05, 0) is 61.1 Å². The van der Waals surface area contributed by atoms with Crippen LogP contribution in [0.15, 0.2) is 48.5 Å². The van der Waals surface area contributed by atoms with E-state index in [1.54, 1.807) is 0 Å². The van der Waals surface area contributed by atoms with E-state index in [-0.39, 0.29) is 0 Å². The van der Waals surface area contributed by atoms with Gasteiger partial charge in [0.25, 0.3) is 0 Å². The average molecular weight is 267 g/mol. The Kier molecular flexibility index (Phi) is 3.91. The lowest BCUT2D eigenvalue weighted by Gasteiger charge is -2.08. The molecule has 2 heteroatoms. The minimum Gasteiger partial charge on any atom is -0.494 e. The maximum absolute atomic E-state index is 5.44. The molecule has 0 radical (unpaired) electrons. The van der Waals surface area contributed by atoms with Gasteiger partial charge < -0.3 is 10.1 Å². The van der Waals surface area contributed by atoms with Gasteiger partial charge in [0.2, 0.25) is 0 Å². The highest BCUT2D eigenvalue weighted by molar-refractivity contribution is 5.47. The van der Waals surface area contributed by atoms with Gasteiger partial charge in [0, 0.05) is 12.2 Å². The van der Waals surface area contributed by atoms with Gasteiger partial charge in [-0.15, -0.1) is 0 Å². The van der Waals surface area contributed by atoms with Gasteiger partial charge in [0.05, 0.1) is 6.61 Å². The van der Waals surface area contributed by atoms with E-state index < -0.39 is 0 Å². The summed E-state index contributed by atoms with van der Waals surface area (Å²) in [4.78, 5) is 0. The fourth-order valence-electron chi connectivity index (χ4n) is 2.36. The van der Waals surface area contributed by atoms with E-state index in [2.05, 4.69) is 41.7 Å². The fraction of sp³-hybridized carbons (Fsp3) is 0.333. The molecule has 2 aromatic carbocycles. The van der Waals surface area contributed by atoms with Crippen LogP contribution in [0.3, 0.4) is 0 Å². The van der Waals surface area contributed by atoms with Gasteiger partial charge in [0.1, 0.15) is 5.75 Å². The molecule has 0 heterocycles. The van der Waals surface area contributed by atoms with Crippen molar-refractivity contribution in [2.24, 2.45) is 0 Å². The van der Waals surface area contributed by atoms with Crippen molar-refractivity contribution in [3.05, 3.63) is 59.7 Å². The highest BCUT2D eigenvalue weighted by Crippen LogP contribution is 2.39. The zero-order valence-electron chi connectivity index (χ0n) is 11.9. The zero-order chi connectivity index (χ0) is 13.8. The Labute approximate surface area is 120 Å². The smallest absolute Gasteiger partial charge is 0.119 e. The summed E-state index contributed by atoms with van der Waals surface area (Å²) in [5.74, 6) is 1.76. The normalized spacial score (nSPS) is 14.1. The van der Waals surface area contributed by atoms with E-state index in [0.717, 1.165) is 23.9 Å². The maximum atomic E-state index is 5.44. The van der Waals surface area contributed by atoms with Gasteiger partial charge in [0.15, 0.2) is 0 Å². The van der Waals surface area contributed by atoms with E-state index in [1.807, 2.05) is 19.1 Å². The quantitative estimate of drug-likeness (QED) is 0.827. The van der Waals surface area contributed by atoms with E-state index in [9.17, 15) is 0 Å². The summed E-state index contributed by atoms with van der Waals surface area (Å²) in [5, 5.41) is 3.44. The van der Waals surface area contributed by atoms with E-state index >= 15 is 0 Å². The van der Waals surface area contributed by atoms with Gasteiger partial charge in [-0.3, -0.25) is 0 Å². The van der Waals surface area contributed by atoms with Crippen molar-refractivity contribution < 1.29 is 4.74 Å². The Morgan fingerprint density at radius 3 is 2.30 bits per heavy atom. The summed E-state index contributed by atoms with van der Waals surface area (Å²) in [6.45, 7) is 3.57. The molecule has 3 rings (SSSR count). The summed E-state index contributed by atoms with van der Waals surface area (Å²) >= 11 is 0. The first kappa shape index (κ1) is 13.0. The van der Waals surface area contributed by atoms with Crippen LogP contribution in [0.1, 0.15) is 36.8 Å². The van der Waals surface area contributed by atoms with E-state index in [4.69, 9.17) is 4.74 Å². The molecule has 1 aliphatic rings. The van der Waals surface area contributed by atoms with Crippen molar-refractivity contribution >= 4 is 5.69 Å². The summed E-state index contributed by atoms with van der Waals surface area (Å²) in [6.07, 6.45) is 2.73. The fourth-order valence-corrected chi connectivity index (χ4v) is 2.36. The highest BCUT2D eigenvalue weighted by atomic mass is 16.5. The number of anilines is 1. The molecule has 0 spiro atoms. The molecule has 104 valence electrons. The largest absolute Gasteiger partial charge is 0.494 e. The van der Waals surface area contributed by atoms with Crippen molar-refractivity contribution in [2.75, 3.05) is 11.9 Å². The second-order valence-electron chi connectivity index (χ2n) is 5.33. The number of hydrogen-bond acceptors (Lipinski definition) is 2. The molecule has 1 saturated carbocycles. The standard InChI is InChI=1S/C18H21NO/c1-2-20-18-11-9-17(10-12-18)19-13-14-3-5-15(6-4-14)16-7-8-16/h3-6,9-12,16,19H,2,7-8,13H2,1H3. The third-order valence-electron chi connectivity index (χ3n) is 3.69. The van der Waals surface area contributed by atoms with Crippen molar-refractivity contribution in [1.29, 1.82) is 0 Å². The van der Waals surface area contributed by atoms with Crippen LogP contribution in [-0.4, -0.2) is 6.61 Å². The molecule has 0 saturated heterocycles. The first-order chi connectivity index (χ1) is 9.85. The van der Waals surface area contributed by atoms with E-state index in [0.29, 0.717) is 6.61 Å². The van der Waals surface area contributed by atoms with Crippen molar-refractivity contribution in [3.8, 4) is 5.75 Å². The predicted molar refractivity (Wildman–Crippen MR) is 83.4 cm³/mol. The van der Waals surface area contributed by atoms with Crippen LogP contribution in [0.5, 0.6) is 5.75 Å². The van der Waals surface area contributed by atoms with Crippen LogP contribution < -0.4 is 10.1 Å². The Morgan fingerprint density at radius 1 is 1.00 bits per heavy atom. The van der Waals surface area contributed by atoms with Crippen molar-refractivity contribution in [2.45, 2.75) is 32.2 Å². The lowest BCUT2D eigenvalue weighted by Crippen LogP contribution is -1.99. The Morgan fingerprint density at radius 2 is 1.70 bits per heavy atom. The van der Waals surface area contributed by atoms with Gasteiger partial charge in [-0.2, -0.15) is 0 Å². The van der Waals surface area contributed by atoms with Crippen molar-refractivity contribution in [3.63, 3.8) is 0 Å². The van der Waals surface area contributed by atoms with Gasteiger partial charge in [-0.1, -0.05) is 24.3 Å². The lowest BCUT2D eigenvalue weighted by atomic mass is 10.1. The number of rotatable bonds is 6. The molecule has 2 aromatic rings. The summed E-state index contributed by atoms with van der Waals surface area (Å²) in [7, 11) is 0. The minimum absolute atomic E-state index is 0.708. The molecule has 0 atom stereocenters. The molecule has 0 bridgehead atoms. The molecule has 2 nitrogen and oxygen atoms in total. The zero-order valence-corrected chi connectivity index (χ0v) is 11.9. The number of benzene rings is 2. The molecule has 0 amide bonds. The molecule has 1 fully saturated rings. The van der Waals surface area contributed by atoms with Gasteiger partial charge in [-0.25, -0.2) is 0 Å². The molecule has 0 unspecified atom stereocenters. The van der Waals surface area contributed by atoms with Crippen LogP contribution in [0.4, 0.5) is 5.69 Å². The minimum atomic E-state index is 0.708. The monoisotopic (exact) mass is 267 g/mol. The van der Waals surface area contributed by atoms with Crippen molar-refractivity contribution in [1.82, 2.24) is 0 Å². The Balaban J connectivity index is 1.55. The van der Waals surface area contributed by atoms with E-state index in [1.165, 1.54) is 24.0 Å². The lowest BCUT2D eigenvalue weighted by molar-refractivity contribution is 0.340. The first-order valence-electron chi connectivity index (χ1n) is 7.40. The summed E-state index contributed by atoms with van der Waals surface area (Å²) < 4.78 is 5.44. The molecular weight excluding hydrogens is 246 g/mol. The average Bonchev–Trinajstić information content (AvgIpc) is 3.32. The molecule has 0 aromatic heterocycles. The summed E-state index contributed by atoms with van der Waals surface area (Å²) in [5.41, 5.74) is 3.94. The molecule has 0 aliphatic heterocycles. The second kappa shape index (κ2) is 6.00. The van der Waals surface area contributed by atoms with Crippen LogP contribution in [0.2, 0.25) is 0 Å². The maximum Gasteiger partial charge on any atom is 0.119 e. The topological polar surface area (TPSA) is 21.3 Å². The SMILES string of the molecule is CCOc1ccc(NCc2ccc(C3CC3)cc2)cc1. The molecule has 20 heavy (non-hydrogen) atoms. The van der Waals surface area contributed by atoms with Crippen LogP contribution >= 0.6 is 0 Å². The first-order valence-corrected chi connectivity index (χ1v) is 7.40. The number of ether oxygens (including phenoxy) is 1. The van der Waals surface area contributed by atoms with Crippen LogP contribution in [0.25, 0.3) is 0 Å². The molecule has 1 N–H and O–H groups in total. The second-order valence-corrected chi connectivity index (χ2v) is 5.33. The predicted octanol–water partition coefficient (Wildman–Crippen LogP) is 4.57. The highest BCUT2D eigenvalue weighted by Gasteiger charge is 2.22. The van der Waals surface area contributed by atoms with Crippen LogP contribution in [-0.2, 0) is 6.54 Å². The Bertz CT molecular complexity index is 541. The van der Waals surface area contributed by atoms with Crippen LogP contribution in [0, 0.1) is 0 Å².